The Morgan fingerprint density at radius 2 is 2.00 bits per heavy atom. The highest BCUT2D eigenvalue weighted by Crippen LogP contribution is 2.48. The molecule has 4 heteroatoms. The van der Waals surface area contributed by atoms with Gasteiger partial charge >= 0.3 is 0 Å². The molecule has 3 N–H and O–H groups in total. The van der Waals surface area contributed by atoms with Crippen LogP contribution in [0.3, 0.4) is 0 Å². The molecule has 17 heavy (non-hydrogen) atoms. The highest BCUT2D eigenvalue weighted by atomic mass is 32.2. The molecule has 2 aromatic carbocycles. The number of hydrogen-bond acceptors (Lipinski definition) is 3. The van der Waals surface area contributed by atoms with Crippen LogP contribution in [0.5, 0.6) is 0 Å². The number of aromatic amines is 1. The third-order valence-electron chi connectivity index (χ3n) is 3.07. The van der Waals surface area contributed by atoms with Crippen molar-refractivity contribution in [3.63, 3.8) is 0 Å². The molecule has 1 aliphatic rings. The van der Waals surface area contributed by atoms with Crippen molar-refractivity contribution in [3.8, 4) is 11.3 Å². The third kappa shape index (κ3) is 1.10. The van der Waals surface area contributed by atoms with Gasteiger partial charge in [-0.3, -0.25) is 5.10 Å². The molecule has 0 amide bonds. The zero-order valence-corrected chi connectivity index (χ0v) is 9.71. The number of benzene rings is 2. The Kier molecular flexibility index (Phi) is 1.64. The molecule has 0 fully saturated rings. The number of H-pyrrole nitrogens is 1. The number of nitrogen functional groups attached to an aromatic ring is 1. The molecule has 0 saturated heterocycles. The van der Waals surface area contributed by atoms with E-state index in [1.807, 2.05) is 24.3 Å². The molecule has 0 aliphatic carbocycles. The molecule has 1 aliphatic heterocycles. The Hall–Kier alpha value is -1.94. The van der Waals surface area contributed by atoms with Gasteiger partial charge in [0, 0.05) is 26.4 Å². The summed E-state index contributed by atoms with van der Waals surface area (Å²) in [6.07, 6.45) is 0. The van der Waals surface area contributed by atoms with Gasteiger partial charge in [0.15, 0.2) is 0 Å². The second-order valence-corrected chi connectivity index (χ2v) is 5.13. The van der Waals surface area contributed by atoms with Crippen LogP contribution in [0.15, 0.2) is 46.2 Å². The van der Waals surface area contributed by atoms with Crippen molar-refractivity contribution in [2.24, 2.45) is 0 Å². The predicted molar refractivity (Wildman–Crippen MR) is 70.1 cm³/mol. The second-order valence-electron chi connectivity index (χ2n) is 4.08. The number of nitrogens with two attached hydrogens (primary N) is 1. The number of nitrogens with zero attached hydrogens (tertiary/aromatic N) is 1. The van der Waals surface area contributed by atoms with Crippen molar-refractivity contribution in [2.45, 2.75) is 9.79 Å². The molecule has 0 unspecified atom stereocenters. The summed E-state index contributed by atoms with van der Waals surface area (Å²) in [5, 5.41) is 8.63. The molecule has 0 spiro atoms. The average Bonchev–Trinajstić information content (AvgIpc) is 2.79. The fourth-order valence-electron chi connectivity index (χ4n) is 2.27. The van der Waals surface area contributed by atoms with E-state index in [4.69, 9.17) is 5.73 Å². The number of rotatable bonds is 0. The molecule has 0 saturated carbocycles. The lowest BCUT2D eigenvalue weighted by Gasteiger charge is -2.16. The molecular formula is C13H9N3S. The van der Waals surface area contributed by atoms with Gasteiger partial charge in [0.25, 0.3) is 0 Å². The van der Waals surface area contributed by atoms with E-state index in [9.17, 15) is 0 Å². The molecule has 3 nitrogen and oxygen atoms in total. The van der Waals surface area contributed by atoms with Crippen LogP contribution < -0.4 is 5.73 Å². The summed E-state index contributed by atoms with van der Waals surface area (Å²) >= 11 is 1.72. The summed E-state index contributed by atoms with van der Waals surface area (Å²) in [7, 11) is 0. The summed E-state index contributed by atoms with van der Waals surface area (Å²) in [5.41, 5.74) is 10.1. The Morgan fingerprint density at radius 3 is 2.94 bits per heavy atom. The topological polar surface area (TPSA) is 54.7 Å². The van der Waals surface area contributed by atoms with Gasteiger partial charge in [-0.25, -0.2) is 0 Å². The first-order chi connectivity index (χ1) is 8.34. The van der Waals surface area contributed by atoms with Crippen LogP contribution in [0.1, 0.15) is 0 Å². The minimum absolute atomic E-state index is 0.819. The smallest absolute Gasteiger partial charge is 0.102 e. The summed E-state index contributed by atoms with van der Waals surface area (Å²) in [6, 6.07) is 12.2. The van der Waals surface area contributed by atoms with Crippen LogP contribution >= 0.6 is 11.8 Å². The second kappa shape index (κ2) is 3.05. The van der Waals surface area contributed by atoms with Crippen LogP contribution in [-0.4, -0.2) is 10.2 Å². The van der Waals surface area contributed by atoms with Crippen molar-refractivity contribution >= 4 is 28.4 Å². The fraction of sp³-hybridized carbons (Fsp3) is 0. The SMILES string of the molecule is Nc1ccc2[nH]nc3c2c1Sc1ccccc1-3. The van der Waals surface area contributed by atoms with E-state index < -0.39 is 0 Å². The van der Waals surface area contributed by atoms with Crippen molar-refractivity contribution in [1.29, 1.82) is 0 Å². The average molecular weight is 239 g/mol. The lowest BCUT2D eigenvalue weighted by atomic mass is 10.1. The summed E-state index contributed by atoms with van der Waals surface area (Å²) in [6.45, 7) is 0. The zero-order chi connectivity index (χ0) is 11.4. The highest BCUT2D eigenvalue weighted by molar-refractivity contribution is 8.00. The first-order valence-electron chi connectivity index (χ1n) is 5.38. The normalized spacial score (nSPS) is 12.7. The van der Waals surface area contributed by atoms with Crippen molar-refractivity contribution in [2.75, 3.05) is 5.73 Å². The van der Waals surface area contributed by atoms with Gasteiger partial charge in [-0.05, 0) is 18.2 Å². The number of hydrogen-bond donors (Lipinski definition) is 2. The minimum Gasteiger partial charge on any atom is -0.398 e. The highest BCUT2D eigenvalue weighted by Gasteiger charge is 2.22. The van der Waals surface area contributed by atoms with Crippen LogP contribution in [0, 0.1) is 0 Å². The van der Waals surface area contributed by atoms with E-state index in [1.165, 1.54) is 10.5 Å². The molecule has 3 aromatic rings. The van der Waals surface area contributed by atoms with E-state index in [0.29, 0.717) is 0 Å². The molecule has 1 aromatic heterocycles. The Balaban J connectivity index is 2.21. The Labute approximate surface area is 102 Å². The molecular weight excluding hydrogens is 230 g/mol. The Bertz CT molecular complexity index is 746. The van der Waals surface area contributed by atoms with Crippen LogP contribution in [0.4, 0.5) is 5.69 Å². The first kappa shape index (κ1) is 9.13. The lowest BCUT2D eigenvalue weighted by Crippen LogP contribution is -1.94. The van der Waals surface area contributed by atoms with Gasteiger partial charge in [0.1, 0.15) is 5.69 Å². The molecule has 2 heterocycles. The summed E-state index contributed by atoms with van der Waals surface area (Å²) in [5.74, 6) is 0. The first-order valence-corrected chi connectivity index (χ1v) is 6.20. The third-order valence-corrected chi connectivity index (χ3v) is 4.29. The van der Waals surface area contributed by atoms with E-state index >= 15 is 0 Å². The summed E-state index contributed by atoms with van der Waals surface area (Å²) < 4.78 is 0. The monoisotopic (exact) mass is 239 g/mol. The zero-order valence-electron chi connectivity index (χ0n) is 8.90. The largest absolute Gasteiger partial charge is 0.398 e. The number of anilines is 1. The van der Waals surface area contributed by atoms with Gasteiger partial charge in [-0.2, -0.15) is 5.10 Å². The van der Waals surface area contributed by atoms with Crippen molar-refractivity contribution in [1.82, 2.24) is 10.2 Å². The van der Waals surface area contributed by atoms with Crippen LogP contribution in [0.2, 0.25) is 0 Å². The maximum atomic E-state index is 6.05. The Morgan fingerprint density at radius 1 is 1.12 bits per heavy atom. The molecule has 0 atom stereocenters. The van der Waals surface area contributed by atoms with Crippen molar-refractivity contribution in [3.05, 3.63) is 36.4 Å². The van der Waals surface area contributed by atoms with E-state index in [-0.39, 0.29) is 0 Å². The lowest BCUT2D eigenvalue weighted by molar-refractivity contribution is 1.12. The quantitative estimate of drug-likeness (QED) is 0.463. The van der Waals surface area contributed by atoms with Gasteiger partial charge in [0.05, 0.1) is 5.52 Å². The maximum Gasteiger partial charge on any atom is 0.102 e. The van der Waals surface area contributed by atoms with E-state index in [0.717, 1.165) is 27.2 Å². The summed E-state index contributed by atoms with van der Waals surface area (Å²) in [4.78, 5) is 2.33. The fourth-order valence-corrected chi connectivity index (χ4v) is 3.40. The standard InChI is InChI=1S/C13H9N3S/c14-8-5-6-9-11-12(16-15-9)7-3-1-2-4-10(7)17-13(8)11/h1-6H,14H2,(H,15,16). The molecule has 0 bridgehead atoms. The molecule has 4 rings (SSSR count). The number of nitrogens with one attached hydrogen (secondary N) is 1. The van der Waals surface area contributed by atoms with Crippen LogP contribution in [0.25, 0.3) is 22.2 Å². The van der Waals surface area contributed by atoms with E-state index in [1.54, 1.807) is 11.8 Å². The van der Waals surface area contributed by atoms with Gasteiger partial charge in [-0.15, -0.1) is 0 Å². The maximum absolute atomic E-state index is 6.05. The molecule has 82 valence electrons. The van der Waals surface area contributed by atoms with Gasteiger partial charge in [-0.1, -0.05) is 30.0 Å². The van der Waals surface area contributed by atoms with E-state index in [2.05, 4.69) is 22.3 Å². The number of fused-ring (bicyclic) bond motifs is 2. The van der Waals surface area contributed by atoms with Crippen LogP contribution in [-0.2, 0) is 0 Å². The van der Waals surface area contributed by atoms with Crippen molar-refractivity contribution < 1.29 is 0 Å². The minimum atomic E-state index is 0.819. The molecule has 0 radical (unpaired) electrons. The number of aromatic nitrogens is 2. The van der Waals surface area contributed by atoms with Gasteiger partial charge < -0.3 is 5.73 Å². The van der Waals surface area contributed by atoms with Gasteiger partial charge in [0.2, 0.25) is 0 Å². The predicted octanol–water partition coefficient (Wildman–Crippen LogP) is 3.28.